The van der Waals surface area contributed by atoms with E-state index in [1.807, 2.05) is 35.2 Å². The molecule has 1 amide bonds. The molecule has 1 fully saturated rings. The number of guanidine groups is 2. The number of aliphatic imine (C=N–C) groups is 2. The second kappa shape index (κ2) is 8.87. The van der Waals surface area contributed by atoms with E-state index in [2.05, 4.69) is 25.3 Å². The number of primary amides is 1. The fraction of sp³-hybridized carbons (Fsp3) is 0.278. The highest BCUT2D eigenvalue weighted by Crippen LogP contribution is 2.24. The van der Waals surface area contributed by atoms with Crippen molar-refractivity contribution in [1.29, 1.82) is 0 Å². The molecular weight excluding hydrogens is 372 g/mol. The first kappa shape index (κ1) is 19.9. The number of benzene rings is 1. The van der Waals surface area contributed by atoms with Crippen molar-refractivity contribution in [2.45, 2.75) is 12.8 Å². The van der Waals surface area contributed by atoms with Crippen LogP contribution in [0.4, 0.5) is 23.3 Å². The van der Waals surface area contributed by atoms with Crippen LogP contribution in [0.25, 0.3) is 0 Å². The summed E-state index contributed by atoms with van der Waals surface area (Å²) in [5, 5.41) is 2.91. The molecule has 1 aromatic carbocycles. The van der Waals surface area contributed by atoms with E-state index in [1.54, 1.807) is 6.07 Å². The lowest BCUT2D eigenvalue weighted by Gasteiger charge is -2.32. The average molecular weight is 396 g/mol. The summed E-state index contributed by atoms with van der Waals surface area (Å²) >= 11 is 0. The first-order chi connectivity index (χ1) is 13.9. The van der Waals surface area contributed by atoms with Gasteiger partial charge in [-0.25, -0.2) is 0 Å². The van der Waals surface area contributed by atoms with Crippen LogP contribution in [0.5, 0.6) is 0 Å². The monoisotopic (exact) mass is 396 g/mol. The van der Waals surface area contributed by atoms with Crippen molar-refractivity contribution in [3.8, 4) is 0 Å². The van der Waals surface area contributed by atoms with Gasteiger partial charge in [0.1, 0.15) is 5.82 Å². The third kappa shape index (κ3) is 5.54. The van der Waals surface area contributed by atoms with Crippen LogP contribution in [-0.4, -0.2) is 40.9 Å². The molecule has 0 spiro atoms. The van der Waals surface area contributed by atoms with Gasteiger partial charge in [-0.15, -0.1) is 0 Å². The maximum absolute atomic E-state index is 11.5. The zero-order valence-corrected chi connectivity index (χ0v) is 15.8. The summed E-state index contributed by atoms with van der Waals surface area (Å²) in [6.45, 7) is 1.20. The summed E-state index contributed by atoms with van der Waals surface area (Å²) in [4.78, 5) is 29.9. The number of hydrogen-bond acceptors (Lipinski definition) is 6. The zero-order valence-electron chi connectivity index (χ0n) is 15.8. The average Bonchev–Trinajstić information content (AvgIpc) is 2.68. The lowest BCUT2D eigenvalue weighted by molar-refractivity contribution is -0.122. The number of aromatic nitrogens is 2. The summed E-state index contributed by atoms with van der Waals surface area (Å²) < 4.78 is 0. The summed E-state index contributed by atoms with van der Waals surface area (Å²) in [6, 6.07) is 10.9. The Labute approximate surface area is 167 Å². The number of nitrogen functional groups attached to an aromatic ring is 1. The largest absolute Gasteiger partial charge is 0.369 e. The van der Waals surface area contributed by atoms with Crippen molar-refractivity contribution < 1.29 is 4.79 Å². The maximum atomic E-state index is 11.5. The normalized spacial score (nSPS) is 17.8. The molecule has 9 N–H and O–H groups in total. The van der Waals surface area contributed by atoms with Crippen molar-refractivity contribution in [2.24, 2.45) is 33.1 Å². The number of anilines is 3. The number of nitrogens with one attached hydrogen (secondary N) is 1. The van der Waals surface area contributed by atoms with Crippen LogP contribution in [0.1, 0.15) is 12.8 Å². The van der Waals surface area contributed by atoms with Crippen LogP contribution in [0.3, 0.4) is 0 Å². The lowest BCUT2D eigenvalue weighted by atomic mass is 9.97. The Kier molecular flexibility index (Phi) is 6.07. The molecule has 1 aliphatic heterocycles. The molecule has 1 unspecified atom stereocenters. The van der Waals surface area contributed by atoms with Gasteiger partial charge < -0.3 is 33.2 Å². The highest BCUT2D eigenvalue weighted by molar-refractivity contribution is 6.01. The molecule has 2 aromatic rings. The number of nitrogens with zero attached hydrogens (tertiary/aromatic N) is 5. The molecule has 11 heteroatoms. The van der Waals surface area contributed by atoms with E-state index in [-0.39, 0.29) is 35.5 Å². The number of para-hydroxylation sites is 1. The number of nitrogens with two attached hydrogens (primary N) is 4. The molecule has 1 aromatic heterocycles. The topological polar surface area (TPSA) is 187 Å². The smallest absolute Gasteiger partial charge is 0.225 e. The summed E-state index contributed by atoms with van der Waals surface area (Å²) in [7, 11) is 0. The predicted octanol–water partition coefficient (Wildman–Crippen LogP) is 0.134. The lowest BCUT2D eigenvalue weighted by Crippen LogP contribution is -2.41. The SMILES string of the molecule is NC(=O)C1CCCN(c2cc(/N=C(N)/N=C(\N)Nc3ccccc3)nc(N)n2)C1. The van der Waals surface area contributed by atoms with Gasteiger partial charge in [0.05, 0.1) is 5.92 Å². The molecule has 1 atom stereocenters. The summed E-state index contributed by atoms with van der Waals surface area (Å²) in [6.07, 6.45) is 1.58. The molecule has 1 saturated heterocycles. The number of piperidine rings is 1. The van der Waals surface area contributed by atoms with Gasteiger partial charge in [0.25, 0.3) is 0 Å². The van der Waals surface area contributed by atoms with Crippen molar-refractivity contribution in [2.75, 3.05) is 29.0 Å². The fourth-order valence-electron chi connectivity index (χ4n) is 3.04. The molecule has 2 heterocycles. The van der Waals surface area contributed by atoms with Crippen LogP contribution >= 0.6 is 0 Å². The molecule has 152 valence electrons. The Morgan fingerprint density at radius 3 is 2.66 bits per heavy atom. The van der Waals surface area contributed by atoms with Gasteiger partial charge in [0.2, 0.25) is 23.8 Å². The van der Waals surface area contributed by atoms with E-state index in [1.165, 1.54) is 0 Å². The predicted molar refractivity (Wildman–Crippen MR) is 114 cm³/mol. The quantitative estimate of drug-likeness (QED) is 0.356. The van der Waals surface area contributed by atoms with Gasteiger partial charge in [-0.3, -0.25) is 4.79 Å². The number of carbonyl (C=O) groups excluding carboxylic acids is 1. The molecule has 3 rings (SSSR count). The second-order valence-corrected chi connectivity index (χ2v) is 6.59. The van der Waals surface area contributed by atoms with E-state index in [4.69, 9.17) is 22.9 Å². The Bertz CT molecular complexity index is 927. The van der Waals surface area contributed by atoms with Gasteiger partial charge in [-0.05, 0) is 25.0 Å². The van der Waals surface area contributed by atoms with Crippen LogP contribution in [0.15, 0.2) is 46.4 Å². The molecule has 29 heavy (non-hydrogen) atoms. The van der Waals surface area contributed by atoms with Crippen molar-refractivity contribution in [3.05, 3.63) is 36.4 Å². The maximum Gasteiger partial charge on any atom is 0.225 e. The van der Waals surface area contributed by atoms with E-state index in [0.717, 1.165) is 25.1 Å². The molecule has 0 radical (unpaired) electrons. The highest BCUT2D eigenvalue weighted by Gasteiger charge is 2.25. The Morgan fingerprint density at radius 2 is 1.93 bits per heavy atom. The van der Waals surface area contributed by atoms with Crippen LogP contribution in [-0.2, 0) is 4.79 Å². The Balaban J connectivity index is 1.76. The van der Waals surface area contributed by atoms with Crippen LogP contribution < -0.4 is 33.2 Å². The number of amides is 1. The van der Waals surface area contributed by atoms with Gasteiger partial charge in [0, 0.05) is 24.8 Å². The van der Waals surface area contributed by atoms with Crippen molar-refractivity contribution in [3.63, 3.8) is 0 Å². The molecular formula is C18H24N10O. The summed E-state index contributed by atoms with van der Waals surface area (Å²) in [5.41, 5.74) is 23.7. The molecule has 0 bridgehead atoms. The Hall–Kier alpha value is -3.89. The molecule has 1 aliphatic rings. The van der Waals surface area contributed by atoms with Gasteiger partial charge >= 0.3 is 0 Å². The van der Waals surface area contributed by atoms with Crippen LogP contribution in [0.2, 0.25) is 0 Å². The van der Waals surface area contributed by atoms with E-state index in [9.17, 15) is 4.79 Å². The zero-order chi connectivity index (χ0) is 20.8. The number of carbonyl (C=O) groups is 1. The molecule has 11 nitrogen and oxygen atoms in total. The van der Waals surface area contributed by atoms with Crippen LogP contribution in [0, 0.1) is 5.92 Å². The minimum Gasteiger partial charge on any atom is -0.369 e. The number of hydrogen-bond donors (Lipinski definition) is 5. The van der Waals surface area contributed by atoms with Gasteiger partial charge in [-0.2, -0.15) is 20.0 Å². The van der Waals surface area contributed by atoms with E-state index >= 15 is 0 Å². The van der Waals surface area contributed by atoms with Crippen molar-refractivity contribution in [1.82, 2.24) is 9.97 Å². The van der Waals surface area contributed by atoms with Gasteiger partial charge in [-0.1, -0.05) is 18.2 Å². The van der Waals surface area contributed by atoms with E-state index in [0.29, 0.717) is 12.4 Å². The molecule has 0 aliphatic carbocycles. The summed E-state index contributed by atoms with van der Waals surface area (Å²) in [5.74, 6) is 0.260. The van der Waals surface area contributed by atoms with Gasteiger partial charge in [0.15, 0.2) is 5.82 Å². The third-order valence-electron chi connectivity index (χ3n) is 4.37. The first-order valence-electron chi connectivity index (χ1n) is 9.10. The fourth-order valence-corrected chi connectivity index (χ4v) is 3.04. The third-order valence-corrected chi connectivity index (χ3v) is 4.37. The second-order valence-electron chi connectivity index (χ2n) is 6.59. The van der Waals surface area contributed by atoms with Crippen molar-refractivity contribution >= 4 is 41.1 Å². The minimum absolute atomic E-state index is 0.0367. The van der Waals surface area contributed by atoms with E-state index < -0.39 is 0 Å². The Morgan fingerprint density at radius 1 is 1.17 bits per heavy atom. The highest BCUT2D eigenvalue weighted by atomic mass is 16.1. The standard InChI is InChI=1S/C18H24N10O/c19-15(29)11-5-4-8-28(10-11)14-9-13(24-17(21)26-14)25-18(22)27-16(20)23-12-6-2-1-3-7-12/h1-3,6-7,9,11H,4-5,8,10H2,(H2,19,29)(H7,20,21,22,23,24,25,26,27). The first-order valence-corrected chi connectivity index (χ1v) is 9.10. The number of rotatable bonds is 4. The molecule has 0 saturated carbocycles. The minimum atomic E-state index is -0.324.